The molecule has 0 aromatic rings. The quantitative estimate of drug-likeness (QED) is 0.675. The largest absolute Gasteiger partial charge is 0.498 e. The lowest BCUT2D eigenvalue weighted by molar-refractivity contribution is -0.117. The minimum Gasteiger partial charge on any atom is -0.498 e. The molecule has 0 radical (unpaired) electrons. The second-order valence-corrected chi connectivity index (χ2v) is 4.41. The third-order valence-corrected chi connectivity index (χ3v) is 2.39. The van der Waals surface area contributed by atoms with Crippen LogP contribution in [-0.2, 0) is 9.53 Å². The van der Waals surface area contributed by atoms with Gasteiger partial charge in [-0.15, -0.1) is 0 Å². The van der Waals surface area contributed by atoms with E-state index in [-0.39, 0.29) is 11.7 Å². The Kier molecular flexibility index (Phi) is 4.18. The summed E-state index contributed by atoms with van der Waals surface area (Å²) in [4.78, 5) is 11.5. The van der Waals surface area contributed by atoms with Gasteiger partial charge in [0.15, 0.2) is 5.78 Å². The first-order chi connectivity index (χ1) is 6.63. The van der Waals surface area contributed by atoms with Crippen molar-refractivity contribution in [1.82, 2.24) is 0 Å². The summed E-state index contributed by atoms with van der Waals surface area (Å²) < 4.78 is 5.55. The summed E-state index contributed by atoms with van der Waals surface area (Å²) in [6.45, 7) is 7.06. The fraction of sp³-hybridized carbons (Fsp3) is 0.750. The first-order valence-corrected chi connectivity index (χ1v) is 5.50. The van der Waals surface area contributed by atoms with Gasteiger partial charge in [-0.25, -0.2) is 0 Å². The molecular weight excluding hydrogens is 176 g/mol. The second kappa shape index (κ2) is 5.18. The Labute approximate surface area is 86.3 Å². The molecule has 0 heterocycles. The molecule has 2 nitrogen and oxygen atoms in total. The van der Waals surface area contributed by atoms with Crippen LogP contribution < -0.4 is 0 Å². The smallest absolute Gasteiger partial charge is 0.162 e. The molecule has 0 saturated carbocycles. The number of allylic oxidation sites excluding steroid dienone is 2. The third-order valence-electron chi connectivity index (χ3n) is 2.39. The van der Waals surface area contributed by atoms with Crippen molar-refractivity contribution in [3.8, 4) is 0 Å². The third kappa shape index (κ3) is 3.17. The molecule has 0 fully saturated rings. The number of rotatable bonds is 5. The van der Waals surface area contributed by atoms with E-state index in [2.05, 4.69) is 20.8 Å². The first-order valence-electron chi connectivity index (χ1n) is 5.50. The fourth-order valence-corrected chi connectivity index (χ4v) is 1.65. The van der Waals surface area contributed by atoms with Crippen molar-refractivity contribution in [3.63, 3.8) is 0 Å². The van der Waals surface area contributed by atoms with E-state index in [4.69, 9.17) is 4.74 Å². The topological polar surface area (TPSA) is 26.3 Å². The van der Waals surface area contributed by atoms with Gasteiger partial charge in [0.1, 0.15) is 5.76 Å². The lowest BCUT2D eigenvalue weighted by Crippen LogP contribution is -2.06. The summed E-state index contributed by atoms with van der Waals surface area (Å²) in [6, 6.07) is 0. The molecule has 0 N–H and O–H groups in total. The number of ether oxygens (including phenoxy) is 1. The second-order valence-electron chi connectivity index (χ2n) is 4.41. The molecule has 0 aromatic carbocycles. The Morgan fingerprint density at radius 2 is 2.29 bits per heavy atom. The van der Waals surface area contributed by atoms with Crippen LogP contribution in [-0.4, -0.2) is 12.4 Å². The van der Waals surface area contributed by atoms with Crippen molar-refractivity contribution in [2.24, 2.45) is 11.8 Å². The van der Waals surface area contributed by atoms with Crippen LogP contribution in [0, 0.1) is 11.8 Å². The number of carbonyl (C=O) groups is 1. The van der Waals surface area contributed by atoms with Gasteiger partial charge >= 0.3 is 0 Å². The minimum atomic E-state index is 0.196. The van der Waals surface area contributed by atoms with Crippen LogP contribution in [0.3, 0.4) is 0 Å². The van der Waals surface area contributed by atoms with Crippen LogP contribution in [0.1, 0.15) is 40.0 Å². The van der Waals surface area contributed by atoms with Gasteiger partial charge in [0, 0.05) is 18.4 Å². The molecule has 1 aliphatic rings. The molecule has 14 heavy (non-hydrogen) atoms. The number of hydrogen-bond acceptors (Lipinski definition) is 2. The van der Waals surface area contributed by atoms with E-state index in [0.29, 0.717) is 5.92 Å². The molecule has 0 spiro atoms. The highest BCUT2D eigenvalue weighted by atomic mass is 16.5. The summed E-state index contributed by atoms with van der Waals surface area (Å²) in [6.07, 6.45) is 4.56. The summed E-state index contributed by atoms with van der Waals surface area (Å²) in [7, 11) is 0. The maximum Gasteiger partial charge on any atom is 0.162 e. The molecule has 2 heteroatoms. The highest BCUT2D eigenvalue weighted by Gasteiger charge is 2.25. The van der Waals surface area contributed by atoms with Gasteiger partial charge < -0.3 is 4.74 Å². The summed E-state index contributed by atoms with van der Waals surface area (Å²) >= 11 is 0. The lowest BCUT2D eigenvalue weighted by Gasteiger charge is -2.10. The van der Waals surface area contributed by atoms with Gasteiger partial charge in [0.25, 0.3) is 0 Å². The number of carbonyl (C=O) groups excluding carboxylic acids is 1. The van der Waals surface area contributed by atoms with E-state index in [9.17, 15) is 4.79 Å². The van der Waals surface area contributed by atoms with Crippen LogP contribution in [0.2, 0.25) is 0 Å². The van der Waals surface area contributed by atoms with Crippen LogP contribution in [0.5, 0.6) is 0 Å². The van der Waals surface area contributed by atoms with Crippen molar-refractivity contribution in [3.05, 3.63) is 11.8 Å². The van der Waals surface area contributed by atoms with Crippen molar-refractivity contribution >= 4 is 5.78 Å². The molecule has 0 aromatic heterocycles. The van der Waals surface area contributed by atoms with E-state index < -0.39 is 0 Å². The maximum absolute atomic E-state index is 11.5. The van der Waals surface area contributed by atoms with Gasteiger partial charge in [0.2, 0.25) is 0 Å². The van der Waals surface area contributed by atoms with E-state index >= 15 is 0 Å². The first kappa shape index (κ1) is 11.3. The van der Waals surface area contributed by atoms with Crippen molar-refractivity contribution in [2.75, 3.05) is 6.61 Å². The molecule has 80 valence electrons. The number of ketones is 1. The fourth-order valence-electron chi connectivity index (χ4n) is 1.65. The van der Waals surface area contributed by atoms with Crippen molar-refractivity contribution in [2.45, 2.75) is 40.0 Å². The summed E-state index contributed by atoms with van der Waals surface area (Å²) in [5.41, 5.74) is 0. The normalized spacial score (nSPS) is 21.6. The predicted molar refractivity (Wildman–Crippen MR) is 56.9 cm³/mol. The molecule has 1 atom stereocenters. The molecule has 0 bridgehead atoms. The molecule has 1 aliphatic carbocycles. The molecular formula is C12H20O2. The van der Waals surface area contributed by atoms with Crippen LogP contribution >= 0.6 is 0 Å². The monoisotopic (exact) mass is 196 g/mol. The summed E-state index contributed by atoms with van der Waals surface area (Å²) in [5.74, 6) is 1.87. The maximum atomic E-state index is 11.5. The zero-order valence-electron chi connectivity index (χ0n) is 9.38. The van der Waals surface area contributed by atoms with E-state index in [1.807, 2.05) is 0 Å². The standard InChI is InChI=1S/C12H20O2/c1-4-5-10-6-11(7-12(10)13)14-8-9(2)3/h7,9-10H,4-6,8H2,1-3H3. The van der Waals surface area contributed by atoms with E-state index in [0.717, 1.165) is 31.6 Å². The molecule has 0 aliphatic heterocycles. The van der Waals surface area contributed by atoms with Crippen molar-refractivity contribution < 1.29 is 9.53 Å². The average molecular weight is 196 g/mol. The van der Waals surface area contributed by atoms with E-state index in [1.165, 1.54) is 0 Å². The Morgan fingerprint density at radius 3 is 2.86 bits per heavy atom. The Morgan fingerprint density at radius 1 is 1.57 bits per heavy atom. The van der Waals surface area contributed by atoms with Crippen molar-refractivity contribution in [1.29, 1.82) is 0 Å². The van der Waals surface area contributed by atoms with Crippen LogP contribution in [0.15, 0.2) is 11.8 Å². The molecule has 0 amide bonds. The van der Waals surface area contributed by atoms with Gasteiger partial charge in [0.05, 0.1) is 6.61 Å². The van der Waals surface area contributed by atoms with Crippen LogP contribution in [0.25, 0.3) is 0 Å². The predicted octanol–water partition coefficient (Wildman–Crippen LogP) is 2.93. The SMILES string of the molecule is CCCC1CC(OCC(C)C)=CC1=O. The molecule has 0 saturated heterocycles. The molecule has 1 rings (SSSR count). The Bertz CT molecular complexity index is 228. The van der Waals surface area contributed by atoms with Crippen LogP contribution in [0.4, 0.5) is 0 Å². The van der Waals surface area contributed by atoms with Gasteiger partial charge in [-0.2, -0.15) is 0 Å². The highest BCUT2D eigenvalue weighted by molar-refractivity contribution is 5.94. The highest BCUT2D eigenvalue weighted by Crippen LogP contribution is 2.26. The van der Waals surface area contributed by atoms with Gasteiger partial charge in [-0.05, 0) is 12.3 Å². The van der Waals surface area contributed by atoms with Gasteiger partial charge in [-0.1, -0.05) is 27.2 Å². The Hall–Kier alpha value is -0.790. The zero-order chi connectivity index (χ0) is 10.6. The van der Waals surface area contributed by atoms with Gasteiger partial charge in [-0.3, -0.25) is 4.79 Å². The van der Waals surface area contributed by atoms with E-state index in [1.54, 1.807) is 6.08 Å². The minimum absolute atomic E-state index is 0.196. The zero-order valence-corrected chi connectivity index (χ0v) is 9.38. The summed E-state index contributed by atoms with van der Waals surface area (Å²) in [5, 5.41) is 0. The lowest BCUT2D eigenvalue weighted by atomic mass is 10.0. The Balaban J connectivity index is 2.36. The average Bonchev–Trinajstić information content (AvgIpc) is 2.45. The molecule has 1 unspecified atom stereocenters. The number of hydrogen-bond donors (Lipinski definition) is 0.